The summed E-state index contributed by atoms with van der Waals surface area (Å²) in [6.45, 7) is 6.25. The average molecular weight is 327 g/mol. The second-order valence-corrected chi connectivity index (χ2v) is 6.40. The summed E-state index contributed by atoms with van der Waals surface area (Å²) in [4.78, 5) is 12.3. The molecule has 0 aliphatic carbocycles. The topological polar surface area (TPSA) is 56.2 Å². The van der Waals surface area contributed by atoms with E-state index in [1.54, 1.807) is 17.1 Å². The van der Waals surface area contributed by atoms with Crippen LogP contribution in [0.1, 0.15) is 47.4 Å². The summed E-state index contributed by atoms with van der Waals surface area (Å²) in [5.41, 5.74) is 3.05. The van der Waals surface area contributed by atoms with E-state index in [9.17, 15) is 4.79 Å². The molecule has 2 aromatic rings. The molecule has 1 N–H and O–H groups in total. The lowest BCUT2D eigenvalue weighted by molar-refractivity contribution is -0.0272. The second kappa shape index (κ2) is 7.62. The van der Waals surface area contributed by atoms with Crippen molar-refractivity contribution in [2.45, 2.75) is 39.3 Å². The third kappa shape index (κ3) is 3.85. The van der Waals surface area contributed by atoms with E-state index in [1.807, 2.05) is 6.92 Å². The third-order valence-electron chi connectivity index (χ3n) is 4.59. The number of nitrogens with one attached hydrogen (secondary N) is 1. The summed E-state index contributed by atoms with van der Waals surface area (Å²) >= 11 is 0. The highest BCUT2D eigenvalue weighted by Gasteiger charge is 2.28. The molecule has 0 saturated carbocycles. The number of aromatic nitrogens is 2. The van der Waals surface area contributed by atoms with E-state index in [1.165, 1.54) is 11.1 Å². The van der Waals surface area contributed by atoms with Crippen LogP contribution in [0, 0.1) is 12.8 Å². The van der Waals surface area contributed by atoms with Crippen LogP contribution in [0.4, 0.5) is 0 Å². The number of aryl methyl sites for hydroxylation is 2. The van der Waals surface area contributed by atoms with Crippen LogP contribution in [0.15, 0.2) is 36.7 Å². The molecule has 1 aliphatic heterocycles. The van der Waals surface area contributed by atoms with Crippen LogP contribution in [0.25, 0.3) is 0 Å². The zero-order chi connectivity index (χ0) is 16.9. The number of amides is 1. The molecule has 2 unspecified atom stereocenters. The van der Waals surface area contributed by atoms with Gasteiger partial charge in [0.2, 0.25) is 0 Å². The number of hydrogen-bond donors (Lipinski definition) is 1. The summed E-state index contributed by atoms with van der Waals surface area (Å²) in [6.07, 6.45) is 5.56. The molecule has 1 saturated heterocycles. The van der Waals surface area contributed by atoms with Gasteiger partial charge >= 0.3 is 0 Å². The molecule has 0 spiro atoms. The lowest BCUT2D eigenvalue weighted by Crippen LogP contribution is -2.35. The molecule has 24 heavy (non-hydrogen) atoms. The van der Waals surface area contributed by atoms with Gasteiger partial charge in [0, 0.05) is 31.8 Å². The SMILES string of the molecule is CCn1cc(C(=O)NCC2CCCOC2c2ccc(C)cc2)cn1. The van der Waals surface area contributed by atoms with Gasteiger partial charge in [0.1, 0.15) is 0 Å². The first-order valence-electron chi connectivity index (χ1n) is 8.66. The highest BCUT2D eigenvalue weighted by Crippen LogP contribution is 2.33. The zero-order valence-corrected chi connectivity index (χ0v) is 14.4. The predicted octanol–water partition coefficient (Wildman–Crippen LogP) is 3.11. The predicted molar refractivity (Wildman–Crippen MR) is 92.8 cm³/mol. The van der Waals surface area contributed by atoms with E-state index in [0.29, 0.717) is 18.0 Å². The maximum atomic E-state index is 12.3. The van der Waals surface area contributed by atoms with Crippen LogP contribution in [0.5, 0.6) is 0 Å². The molecule has 1 fully saturated rings. The molecule has 1 aromatic carbocycles. The lowest BCUT2D eigenvalue weighted by atomic mass is 9.89. The van der Waals surface area contributed by atoms with Crippen LogP contribution in [0.3, 0.4) is 0 Å². The Bertz CT molecular complexity index is 678. The number of ether oxygens (including phenoxy) is 1. The van der Waals surface area contributed by atoms with E-state index in [2.05, 4.69) is 41.6 Å². The van der Waals surface area contributed by atoms with Crippen molar-refractivity contribution in [2.24, 2.45) is 5.92 Å². The van der Waals surface area contributed by atoms with E-state index >= 15 is 0 Å². The van der Waals surface area contributed by atoms with Crippen molar-refractivity contribution in [1.29, 1.82) is 0 Å². The van der Waals surface area contributed by atoms with Crippen molar-refractivity contribution in [3.8, 4) is 0 Å². The molecule has 0 bridgehead atoms. The van der Waals surface area contributed by atoms with E-state index < -0.39 is 0 Å². The molecule has 2 atom stereocenters. The molecule has 3 rings (SSSR count). The number of nitrogens with zero attached hydrogens (tertiary/aromatic N) is 2. The van der Waals surface area contributed by atoms with Gasteiger partial charge in [-0.2, -0.15) is 5.10 Å². The van der Waals surface area contributed by atoms with Crippen LogP contribution in [-0.2, 0) is 11.3 Å². The Balaban J connectivity index is 1.63. The Morgan fingerprint density at radius 3 is 2.88 bits per heavy atom. The number of hydrogen-bond acceptors (Lipinski definition) is 3. The van der Waals surface area contributed by atoms with Gasteiger partial charge in [0.05, 0.1) is 17.9 Å². The fourth-order valence-electron chi connectivity index (χ4n) is 3.16. The van der Waals surface area contributed by atoms with Crippen molar-refractivity contribution in [2.75, 3.05) is 13.2 Å². The Morgan fingerprint density at radius 2 is 2.17 bits per heavy atom. The number of carbonyl (C=O) groups excluding carboxylic acids is 1. The van der Waals surface area contributed by atoms with Crippen molar-refractivity contribution in [1.82, 2.24) is 15.1 Å². The third-order valence-corrected chi connectivity index (χ3v) is 4.59. The van der Waals surface area contributed by atoms with Gasteiger partial charge in [-0.15, -0.1) is 0 Å². The summed E-state index contributed by atoms with van der Waals surface area (Å²) in [5, 5.41) is 7.20. The fraction of sp³-hybridized carbons (Fsp3) is 0.474. The van der Waals surface area contributed by atoms with Crippen molar-refractivity contribution in [3.63, 3.8) is 0 Å². The molecule has 1 aliphatic rings. The fourth-order valence-corrected chi connectivity index (χ4v) is 3.16. The highest BCUT2D eigenvalue weighted by molar-refractivity contribution is 5.93. The van der Waals surface area contributed by atoms with Gasteiger partial charge < -0.3 is 10.1 Å². The number of benzene rings is 1. The summed E-state index contributed by atoms with van der Waals surface area (Å²) in [5.74, 6) is 0.231. The highest BCUT2D eigenvalue weighted by atomic mass is 16.5. The Morgan fingerprint density at radius 1 is 1.38 bits per heavy atom. The smallest absolute Gasteiger partial charge is 0.254 e. The standard InChI is InChI=1S/C19H25N3O2/c1-3-22-13-17(12-21-22)19(23)20-11-16-5-4-10-24-18(16)15-8-6-14(2)7-9-15/h6-9,12-13,16,18H,3-5,10-11H2,1-2H3,(H,20,23). The summed E-state index contributed by atoms with van der Waals surface area (Å²) < 4.78 is 7.77. The minimum atomic E-state index is -0.0667. The molecule has 2 heterocycles. The Hall–Kier alpha value is -2.14. The second-order valence-electron chi connectivity index (χ2n) is 6.40. The van der Waals surface area contributed by atoms with E-state index in [0.717, 1.165) is 26.0 Å². The van der Waals surface area contributed by atoms with Gasteiger partial charge in [-0.05, 0) is 32.3 Å². The van der Waals surface area contributed by atoms with Crippen LogP contribution in [-0.4, -0.2) is 28.8 Å². The number of rotatable bonds is 5. The van der Waals surface area contributed by atoms with Gasteiger partial charge in [-0.1, -0.05) is 29.8 Å². The minimum Gasteiger partial charge on any atom is -0.373 e. The Kier molecular flexibility index (Phi) is 5.30. The van der Waals surface area contributed by atoms with Crippen molar-refractivity contribution < 1.29 is 9.53 Å². The minimum absolute atomic E-state index is 0.0537. The van der Waals surface area contributed by atoms with Crippen LogP contribution >= 0.6 is 0 Å². The van der Waals surface area contributed by atoms with E-state index in [4.69, 9.17) is 4.74 Å². The normalized spacial score (nSPS) is 20.8. The molecular formula is C19H25N3O2. The maximum absolute atomic E-state index is 12.3. The first kappa shape index (κ1) is 16.7. The lowest BCUT2D eigenvalue weighted by Gasteiger charge is -2.32. The molecule has 0 radical (unpaired) electrons. The largest absolute Gasteiger partial charge is 0.373 e. The molecule has 1 aromatic heterocycles. The zero-order valence-electron chi connectivity index (χ0n) is 14.4. The van der Waals surface area contributed by atoms with Crippen molar-refractivity contribution >= 4 is 5.91 Å². The molecule has 128 valence electrons. The first-order valence-corrected chi connectivity index (χ1v) is 8.66. The summed E-state index contributed by atoms with van der Waals surface area (Å²) in [6, 6.07) is 8.49. The van der Waals surface area contributed by atoms with Gasteiger partial charge in [-0.25, -0.2) is 0 Å². The van der Waals surface area contributed by atoms with Gasteiger partial charge in [0.15, 0.2) is 0 Å². The van der Waals surface area contributed by atoms with Gasteiger partial charge in [0.25, 0.3) is 5.91 Å². The van der Waals surface area contributed by atoms with E-state index in [-0.39, 0.29) is 12.0 Å². The molecular weight excluding hydrogens is 302 g/mol. The monoisotopic (exact) mass is 327 g/mol. The van der Waals surface area contributed by atoms with Gasteiger partial charge in [-0.3, -0.25) is 9.48 Å². The van der Waals surface area contributed by atoms with Crippen LogP contribution in [0.2, 0.25) is 0 Å². The molecule has 1 amide bonds. The van der Waals surface area contributed by atoms with Crippen LogP contribution < -0.4 is 5.32 Å². The Labute approximate surface area is 143 Å². The maximum Gasteiger partial charge on any atom is 0.254 e. The van der Waals surface area contributed by atoms with Crippen molar-refractivity contribution in [3.05, 3.63) is 53.3 Å². The first-order chi connectivity index (χ1) is 11.7. The summed E-state index contributed by atoms with van der Waals surface area (Å²) in [7, 11) is 0. The number of carbonyl (C=O) groups is 1. The quantitative estimate of drug-likeness (QED) is 0.918. The average Bonchev–Trinajstić information content (AvgIpc) is 3.10. The molecule has 5 heteroatoms. The molecule has 5 nitrogen and oxygen atoms in total.